The molecule has 4 aromatic rings. The van der Waals surface area contributed by atoms with E-state index in [0.29, 0.717) is 53.5 Å². The third-order valence-corrected chi connectivity index (χ3v) is 7.99. The fourth-order valence-electron chi connectivity index (χ4n) is 5.67. The fraction of sp³-hybridized carbons (Fsp3) is 0.300. The molecule has 2 N–H and O–H groups in total. The summed E-state index contributed by atoms with van der Waals surface area (Å²) in [5.74, 6) is -0.899. The lowest BCUT2D eigenvalue weighted by atomic mass is 9.96. The number of hydrogen-bond donors (Lipinski definition) is 2. The number of amides is 3. The third kappa shape index (κ3) is 4.94. The number of nitrogens with one attached hydrogen (secondary N) is 1. The summed E-state index contributed by atoms with van der Waals surface area (Å²) in [5, 5.41) is 21.7. The van der Waals surface area contributed by atoms with Gasteiger partial charge in [0.25, 0.3) is 17.7 Å². The lowest BCUT2D eigenvalue weighted by Gasteiger charge is -2.31. The Morgan fingerprint density at radius 1 is 1.05 bits per heavy atom. The molecular formula is C30H30ClN7O4. The molecule has 6 rings (SSSR count). The molecule has 0 atom stereocenters. The van der Waals surface area contributed by atoms with Crippen LogP contribution in [0.3, 0.4) is 0 Å². The topological polar surface area (TPSA) is 126 Å². The molecule has 12 heteroatoms. The van der Waals surface area contributed by atoms with Gasteiger partial charge in [-0.3, -0.25) is 19.1 Å². The summed E-state index contributed by atoms with van der Waals surface area (Å²) < 4.78 is 3.17. The van der Waals surface area contributed by atoms with E-state index in [1.54, 1.807) is 44.8 Å². The second kappa shape index (κ2) is 11.1. The summed E-state index contributed by atoms with van der Waals surface area (Å²) in [6.07, 6.45) is 2.94. The van der Waals surface area contributed by atoms with Crippen LogP contribution in [0, 0.1) is 6.92 Å². The number of halogens is 1. The minimum absolute atomic E-state index is 0.112. The first-order chi connectivity index (χ1) is 20.2. The van der Waals surface area contributed by atoms with Gasteiger partial charge in [-0.2, -0.15) is 10.2 Å². The minimum Gasteiger partial charge on any atom is -0.395 e. The van der Waals surface area contributed by atoms with Crippen LogP contribution in [0.15, 0.2) is 48.7 Å². The van der Waals surface area contributed by atoms with Gasteiger partial charge in [0.1, 0.15) is 5.69 Å². The molecule has 216 valence electrons. The van der Waals surface area contributed by atoms with Crippen molar-refractivity contribution in [3.05, 3.63) is 93.0 Å². The Bertz CT molecular complexity index is 1730. The smallest absolute Gasteiger partial charge is 0.277 e. The highest BCUT2D eigenvalue weighted by atomic mass is 35.5. The van der Waals surface area contributed by atoms with E-state index in [1.807, 2.05) is 32.3 Å². The molecule has 0 radical (unpaired) electrons. The average Bonchev–Trinajstić information content (AvgIpc) is 3.53. The number of aryl methyl sites for hydroxylation is 2. The Balaban J connectivity index is 1.36. The van der Waals surface area contributed by atoms with Gasteiger partial charge in [0.2, 0.25) is 0 Å². The van der Waals surface area contributed by atoms with Gasteiger partial charge < -0.3 is 20.2 Å². The highest BCUT2D eigenvalue weighted by Gasteiger charge is 2.36. The van der Waals surface area contributed by atoms with Crippen molar-refractivity contribution >= 4 is 35.0 Å². The predicted molar refractivity (Wildman–Crippen MR) is 156 cm³/mol. The maximum absolute atomic E-state index is 14.1. The van der Waals surface area contributed by atoms with Gasteiger partial charge in [0.15, 0.2) is 5.69 Å². The van der Waals surface area contributed by atoms with Crippen LogP contribution in [0.4, 0.5) is 5.69 Å². The van der Waals surface area contributed by atoms with Gasteiger partial charge >= 0.3 is 0 Å². The van der Waals surface area contributed by atoms with Crippen molar-refractivity contribution in [2.75, 3.05) is 31.1 Å². The molecule has 11 nitrogen and oxygen atoms in total. The van der Waals surface area contributed by atoms with E-state index in [9.17, 15) is 19.5 Å². The number of hydrogen-bond acceptors (Lipinski definition) is 6. The molecule has 4 heterocycles. The zero-order valence-electron chi connectivity index (χ0n) is 23.3. The molecule has 2 aromatic carbocycles. The molecule has 0 spiro atoms. The summed E-state index contributed by atoms with van der Waals surface area (Å²) in [5.41, 5.74) is 5.27. The van der Waals surface area contributed by atoms with E-state index >= 15 is 0 Å². The molecule has 42 heavy (non-hydrogen) atoms. The van der Waals surface area contributed by atoms with Gasteiger partial charge in [0, 0.05) is 54.7 Å². The number of aliphatic hydroxyl groups excluding tert-OH is 1. The van der Waals surface area contributed by atoms with E-state index in [4.69, 9.17) is 11.6 Å². The number of benzene rings is 2. The second-order valence-corrected chi connectivity index (χ2v) is 10.9. The standard InChI is InChI=1S/C30H30ClN7O4/c1-18-17-35(2)33-25(18)16-32-28(40)26-23-9-11-37(30(42)27(23)38(34-26)22-5-3-4-20(31)14-22)21-7-6-19-8-10-36(12-13-39)29(41)24(19)15-21/h3-7,14-15,17,39H,8-13,16H2,1-2H3,(H,32,40). The monoisotopic (exact) mass is 587 g/mol. The lowest BCUT2D eigenvalue weighted by Crippen LogP contribution is -2.41. The van der Waals surface area contributed by atoms with E-state index in [1.165, 1.54) is 4.68 Å². The molecule has 0 saturated carbocycles. The SMILES string of the molecule is Cc1cn(C)nc1CNC(=O)c1nn(-c2cccc(Cl)c2)c2c1CCN(c1ccc3c(c1)C(=O)N(CCO)CC3)C2=O. The second-order valence-electron chi connectivity index (χ2n) is 10.5. The van der Waals surface area contributed by atoms with Crippen molar-refractivity contribution in [2.45, 2.75) is 26.3 Å². The number of aromatic nitrogens is 4. The third-order valence-electron chi connectivity index (χ3n) is 7.76. The summed E-state index contributed by atoms with van der Waals surface area (Å²) in [6, 6.07) is 12.4. The van der Waals surface area contributed by atoms with Crippen LogP contribution < -0.4 is 10.2 Å². The number of carbonyl (C=O) groups excluding carboxylic acids is 3. The normalized spacial score (nSPS) is 14.7. The van der Waals surface area contributed by atoms with Crippen molar-refractivity contribution in [1.82, 2.24) is 29.8 Å². The van der Waals surface area contributed by atoms with E-state index < -0.39 is 5.91 Å². The fourth-order valence-corrected chi connectivity index (χ4v) is 5.85. The van der Waals surface area contributed by atoms with Crippen molar-refractivity contribution in [3.8, 4) is 5.69 Å². The van der Waals surface area contributed by atoms with Crippen LogP contribution >= 0.6 is 11.6 Å². The molecule has 0 saturated heterocycles. The Labute approximate surface area is 247 Å². The quantitative estimate of drug-likeness (QED) is 0.342. The molecule has 2 aromatic heterocycles. The molecule has 0 aliphatic carbocycles. The van der Waals surface area contributed by atoms with Gasteiger partial charge in [-0.15, -0.1) is 0 Å². The van der Waals surface area contributed by atoms with Crippen molar-refractivity contribution in [3.63, 3.8) is 0 Å². The number of anilines is 1. The number of carbonyl (C=O) groups is 3. The molecular weight excluding hydrogens is 558 g/mol. The largest absolute Gasteiger partial charge is 0.395 e. The minimum atomic E-state index is -0.401. The zero-order chi connectivity index (χ0) is 29.5. The molecule has 2 aliphatic heterocycles. The highest BCUT2D eigenvalue weighted by molar-refractivity contribution is 6.30. The first-order valence-electron chi connectivity index (χ1n) is 13.7. The maximum atomic E-state index is 14.1. The van der Waals surface area contributed by atoms with E-state index in [0.717, 1.165) is 16.8 Å². The number of nitrogens with zero attached hydrogens (tertiary/aromatic N) is 6. The number of β-amino-alcohol motifs (C(OH)–C–C–N with tert-alkyl or cyclic N) is 1. The number of fused-ring (bicyclic) bond motifs is 2. The first kappa shape index (κ1) is 27.7. The molecule has 2 aliphatic rings. The van der Waals surface area contributed by atoms with Crippen LogP contribution in [-0.2, 0) is 26.4 Å². The van der Waals surface area contributed by atoms with E-state index in [2.05, 4.69) is 15.5 Å². The molecule has 3 amide bonds. The van der Waals surface area contributed by atoms with Crippen LogP contribution in [-0.4, -0.2) is 73.5 Å². The Hall–Kier alpha value is -4.48. The maximum Gasteiger partial charge on any atom is 0.277 e. The summed E-state index contributed by atoms with van der Waals surface area (Å²) in [4.78, 5) is 43.9. The van der Waals surface area contributed by atoms with Crippen molar-refractivity contribution in [2.24, 2.45) is 7.05 Å². The Morgan fingerprint density at radius 3 is 2.62 bits per heavy atom. The highest BCUT2D eigenvalue weighted by Crippen LogP contribution is 2.32. The first-order valence-corrected chi connectivity index (χ1v) is 14.1. The van der Waals surface area contributed by atoms with Gasteiger partial charge in [-0.05, 0) is 61.2 Å². The average molecular weight is 588 g/mol. The van der Waals surface area contributed by atoms with Crippen LogP contribution in [0.1, 0.15) is 53.7 Å². The lowest BCUT2D eigenvalue weighted by molar-refractivity contribution is 0.0705. The van der Waals surface area contributed by atoms with Gasteiger partial charge in [0.05, 0.1) is 24.5 Å². The summed E-state index contributed by atoms with van der Waals surface area (Å²) in [6.45, 7) is 3.15. The number of aliphatic hydroxyl groups is 1. The van der Waals surface area contributed by atoms with Crippen LogP contribution in [0.5, 0.6) is 0 Å². The Kier molecular flexibility index (Phi) is 7.29. The van der Waals surface area contributed by atoms with Crippen molar-refractivity contribution in [1.29, 1.82) is 0 Å². The predicted octanol–water partition coefficient (Wildman–Crippen LogP) is 2.69. The van der Waals surface area contributed by atoms with Crippen molar-refractivity contribution < 1.29 is 19.5 Å². The number of rotatable bonds is 7. The van der Waals surface area contributed by atoms with Crippen LogP contribution in [0.25, 0.3) is 5.69 Å². The van der Waals surface area contributed by atoms with Gasteiger partial charge in [-0.25, -0.2) is 4.68 Å². The molecule has 0 fully saturated rings. The zero-order valence-corrected chi connectivity index (χ0v) is 24.1. The summed E-state index contributed by atoms with van der Waals surface area (Å²) >= 11 is 6.28. The molecule has 0 bridgehead atoms. The van der Waals surface area contributed by atoms with E-state index in [-0.39, 0.29) is 42.9 Å². The van der Waals surface area contributed by atoms with Crippen LogP contribution in [0.2, 0.25) is 5.02 Å². The summed E-state index contributed by atoms with van der Waals surface area (Å²) in [7, 11) is 1.82. The van der Waals surface area contributed by atoms with Gasteiger partial charge in [-0.1, -0.05) is 23.7 Å². The molecule has 0 unspecified atom stereocenters. The Morgan fingerprint density at radius 2 is 1.88 bits per heavy atom.